The van der Waals surface area contributed by atoms with Crippen molar-refractivity contribution < 1.29 is 0 Å². The van der Waals surface area contributed by atoms with Gasteiger partial charge in [-0.25, -0.2) is 0 Å². The van der Waals surface area contributed by atoms with Crippen molar-refractivity contribution in [2.45, 2.75) is 32.5 Å². The van der Waals surface area contributed by atoms with E-state index < -0.39 is 0 Å². The summed E-state index contributed by atoms with van der Waals surface area (Å²) in [6.07, 6.45) is 6.26. The third kappa shape index (κ3) is 2.79. The van der Waals surface area contributed by atoms with Gasteiger partial charge in [0.15, 0.2) is 0 Å². The summed E-state index contributed by atoms with van der Waals surface area (Å²) in [6.45, 7) is 5.52. The van der Waals surface area contributed by atoms with E-state index in [1.54, 1.807) is 0 Å². The van der Waals surface area contributed by atoms with Gasteiger partial charge in [0.2, 0.25) is 0 Å². The van der Waals surface area contributed by atoms with Gasteiger partial charge in [-0.1, -0.05) is 18.2 Å². The third-order valence-electron chi connectivity index (χ3n) is 4.98. The first-order valence-corrected chi connectivity index (χ1v) is 8.21. The zero-order chi connectivity index (χ0) is 14.9. The largest absolute Gasteiger partial charge is 0.302 e. The molecule has 0 atom stereocenters. The van der Waals surface area contributed by atoms with E-state index in [9.17, 15) is 0 Å². The monoisotopic (exact) mass is 293 g/mol. The highest BCUT2D eigenvalue weighted by molar-refractivity contribution is 5.34. The van der Waals surface area contributed by atoms with Gasteiger partial charge in [0.25, 0.3) is 0 Å². The number of aromatic nitrogens is 1. The van der Waals surface area contributed by atoms with E-state index in [0.29, 0.717) is 0 Å². The van der Waals surface area contributed by atoms with E-state index >= 15 is 0 Å². The Hall–Kier alpha value is -1.71. The summed E-state index contributed by atoms with van der Waals surface area (Å²) >= 11 is 0. The molecule has 114 valence electrons. The predicted molar refractivity (Wildman–Crippen MR) is 88.5 cm³/mol. The first kappa shape index (κ1) is 13.9. The van der Waals surface area contributed by atoms with E-state index in [1.807, 2.05) is 12.4 Å². The van der Waals surface area contributed by atoms with Crippen molar-refractivity contribution >= 4 is 0 Å². The van der Waals surface area contributed by atoms with E-state index in [-0.39, 0.29) is 0 Å². The molecule has 0 radical (unpaired) electrons. The van der Waals surface area contributed by atoms with Crippen molar-refractivity contribution in [3.8, 4) is 0 Å². The fourth-order valence-corrected chi connectivity index (χ4v) is 3.68. The molecular weight excluding hydrogens is 270 g/mol. The van der Waals surface area contributed by atoms with Crippen molar-refractivity contribution in [3.63, 3.8) is 0 Å². The van der Waals surface area contributed by atoms with Crippen LogP contribution < -0.4 is 0 Å². The van der Waals surface area contributed by atoms with Gasteiger partial charge >= 0.3 is 0 Å². The zero-order valence-corrected chi connectivity index (χ0v) is 13.3. The average Bonchev–Trinajstić information content (AvgIpc) is 2.54. The molecule has 0 saturated carbocycles. The van der Waals surface area contributed by atoms with Crippen LogP contribution in [0.2, 0.25) is 0 Å². The Kier molecular flexibility index (Phi) is 3.68. The Morgan fingerprint density at radius 2 is 1.86 bits per heavy atom. The molecular formula is C19H23N3. The van der Waals surface area contributed by atoms with E-state index in [1.165, 1.54) is 40.8 Å². The lowest BCUT2D eigenvalue weighted by Crippen LogP contribution is -2.30. The van der Waals surface area contributed by atoms with Gasteiger partial charge in [-0.3, -0.25) is 9.88 Å². The van der Waals surface area contributed by atoms with E-state index in [4.69, 9.17) is 0 Å². The molecule has 0 saturated heterocycles. The van der Waals surface area contributed by atoms with Crippen LogP contribution in [-0.4, -0.2) is 34.9 Å². The quantitative estimate of drug-likeness (QED) is 0.848. The van der Waals surface area contributed by atoms with Crippen LogP contribution in [0.5, 0.6) is 0 Å². The molecule has 1 aromatic heterocycles. The van der Waals surface area contributed by atoms with Crippen LogP contribution >= 0.6 is 0 Å². The number of pyridine rings is 1. The lowest BCUT2D eigenvalue weighted by Gasteiger charge is -2.29. The molecule has 3 heterocycles. The molecule has 1 aromatic carbocycles. The smallest absolute Gasteiger partial charge is 0.0303 e. The molecule has 4 rings (SSSR count). The normalized spacial score (nSPS) is 18.8. The second kappa shape index (κ2) is 5.82. The summed E-state index contributed by atoms with van der Waals surface area (Å²) in [7, 11) is 2.21. The molecule has 2 aliphatic rings. The Morgan fingerprint density at radius 3 is 2.82 bits per heavy atom. The summed E-state index contributed by atoms with van der Waals surface area (Å²) in [6, 6.07) is 9.27. The second-order valence-corrected chi connectivity index (χ2v) is 6.70. The molecule has 0 unspecified atom stereocenters. The highest BCUT2D eigenvalue weighted by Gasteiger charge is 2.18. The fourth-order valence-electron chi connectivity index (χ4n) is 3.68. The Balaban J connectivity index is 1.49. The maximum atomic E-state index is 4.24. The molecule has 3 nitrogen and oxygen atoms in total. The standard InChI is InChI=1S/C19H23N3/c1-21-8-5-16-3-2-15(10-19(16)13-21)12-22-9-6-17-11-20-7-4-18(17)14-22/h2-4,7,10-11H,5-6,8-9,12-14H2,1H3. The number of nitrogens with zero attached hydrogens (tertiary/aromatic N) is 3. The van der Waals surface area contributed by atoms with Gasteiger partial charge in [-0.15, -0.1) is 0 Å². The molecule has 0 aliphatic carbocycles. The van der Waals surface area contributed by atoms with E-state index in [2.05, 4.69) is 46.1 Å². The average molecular weight is 293 g/mol. The minimum absolute atomic E-state index is 1.05. The third-order valence-corrected chi connectivity index (χ3v) is 4.98. The molecule has 3 heteroatoms. The lowest BCUT2D eigenvalue weighted by atomic mass is 9.97. The zero-order valence-electron chi connectivity index (χ0n) is 13.3. The first-order valence-electron chi connectivity index (χ1n) is 8.21. The van der Waals surface area contributed by atoms with Gasteiger partial charge < -0.3 is 4.90 Å². The Bertz CT molecular complexity index is 680. The summed E-state index contributed by atoms with van der Waals surface area (Å²) in [5.74, 6) is 0. The molecule has 0 N–H and O–H groups in total. The van der Waals surface area contributed by atoms with Crippen LogP contribution in [0.3, 0.4) is 0 Å². The fraction of sp³-hybridized carbons (Fsp3) is 0.421. The van der Waals surface area contributed by atoms with Gasteiger partial charge in [0, 0.05) is 45.1 Å². The van der Waals surface area contributed by atoms with Crippen LogP contribution in [-0.2, 0) is 32.5 Å². The van der Waals surface area contributed by atoms with Crippen LogP contribution in [0.25, 0.3) is 0 Å². The van der Waals surface area contributed by atoms with Gasteiger partial charge in [0.05, 0.1) is 0 Å². The van der Waals surface area contributed by atoms with Crippen molar-refractivity contribution in [3.05, 3.63) is 64.5 Å². The van der Waals surface area contributed by atoms with Crippen molar-refractivity contribution in [2.75, 3.05) is 20.1 Å². The number of hydrogen-bond donors (Lipinski definition) is 0. The highest BCUT2D eigenvalue weighted by Crippen LogP contribution is 2.23. The second-order valence-electron chi connectivity index (χ2n) is 6.70. The Labute approximate surface area is 132 Å². The molecule has 0 bridgehead atoms. The van der Waals surface area contributed by atoms with Gasteiger partial charge in [0.1, 0.15) is 0 Å². The van der Waals surface area contributed by atoms with Crippen LogP contribution in [0, 0.1) is 0 Å². The van der Waals surface area contributed by atoms with Gasteiger partial charge in [-0.05, 0) is 53.8 Å². The lowest BCUT2D eigenvalue weighted by molar-refractivity contribution is 0.245. The maximum Gasteiger partial charge on any atom is 0.0303 e. The highest BCUT2D eigenvalue weighted by atomic mass is 15.1. The summed E-state index contributed by atoms with van der Waals surface area (Å²) in [5, 5.41) is 0. The molecule has 0 amide bonds. The minimum Gasteiger partial charge on any atom is -0.302 e. The molecule has 2 aliphatic heterocycles. The topological polar surface area (TPSA) is 19.4 Å². The molecule has 2 aromatic rings. The Morgan fingerprint density at radius 1 is 0.955 bits per heavy atom. The van der Waals surface area contributed by atoms with Crippen molar-refractivity contribution in [1.29, 1.82) is 0 Å². The summed E-state index contributed by atoms with van der Waals surface area (Å²) in [5.41, 5.74) is 7.38. The van der Waals surface area contributed by atoms with Crippen molar-refractivity contribution in [1.82, 2.24) is 14.8 Å². The number of fused-ring (bicyclic) bond motifs is 2. The molecule has 0 spiro atoms. The van der Waals surface area contributed by atoms with Gasteiger partial charge in [-0.2, -0.15) is 0 Å². The van der Waals surface area contributed by atoms with Crippen LogP contribution in [0.15, 0.2) is 36.7 Å². The molecule has 0 fully saturated rings. The van der Waals surface area contributed by atoms with Crippen LogP contribution in [0.1, 0.15) is 27.8 Å². The molecule has 22 heavy (non-hydrogen) atoms. The predicted octanol–water partition coefficient (Wildman–Crippen LogP) is 2.63. The van der Waals surface area contributed by atoms with E-state index in [0.717, 1.165) is 32.6 Å². The number of rotatable bonds is 2. The minimum atomic E-state index is 1.05. The maximum absolute atomic E-state index is 4.24. The van der Waals surface area contributed by atoms with Crippen LogP contribution in [0.4, 0.5) is 0 Å². The number of likely N-dealkylation sites (N-methyl/N-ethyl adjacent to an activating group) is 1. The van der Waals surface area contributed by atoms with Crippen molar-refractivity contribution in [2.24, 2.45) is 0 Å². The number of hydrogen-bond acceptors (Lipinski definition) is 3. The summed E-state index contributed by atoms with van der Waals surface area (Å²) < 4.78 is 0. The summed E-state index contributed by atoms with van der Waals surface area (Å²) in [4.78, 5) is 9.20. The SMILES string of the molecule is CN1CCc2ccc(CN3CCc4cnccc4C3)cc2C1. The first-order chi connectivity index (χ1) is 10.8. The number of benzene rings is 1.